The van der Waals surface area contributed by atoms with E-state index in [9.17, 15) is 18.8 Å². The summed E-state index contributed by atoms with van der Waals surface area (Å²) in [6.07, 6.45) is -0.646. The van der Waals surface area contributed by atoms with E-state index in [0.717, 1.165) is 4.90 Å². The molecular weight excluding hydrogens is 325 g/mol. The Labute approximate surface area is 144 Å². The van der Waals surface area contributed by atoms with E-state index in [1.54, 1.807) is 31.2 Å². The van der Waals surface area contributed by atoms with Gasteiger partial charge < -0.3 is 4.74 Å². The number of nitrogens with zero attached hydrogens (tertiary/aromatic N) is 1. The highest BCUT2D eigenvalue weighted by molar-refractivity contribution is 6.21. The van der Waals surface area contributed by atoms with Gasteiger partial charge in [-0.05, 0) is 36.8 Å². The van der Waals surface area contributed by atoms with E-state index in [1.807, 2.05) is 0 Å². The normalized spacial score (nSPS) is 14.4. The first-order chi connectivity index (χ1) is 12.0. The van der Waals surface area contributed by atoms with Gasteiger partial charge in [0.1, 0.15) is 11.9 Å². The van der Waals surface area contributed by atoms with Crippen molar-refractivity contribution in [1.29, 1.82) is 0 Å². The van der Waals surface area contributed by atoms with Gasteiger partial charge in [0.15, 0.2) is 0 Å². The monoisotopic (exact) mass is 341 g/mol. The Hall–Kier alpha value is -3.02. The highest BCUT2D eigenvalue weighted by atomic mass is 19.1. The molecule has 0 aromatic heterocycles. The fraction of sp³-hybridized carbons (Fsp3) is 0.211. The zero-order valence-corrected chi connectivity index (χ0v) is 13.6. The van der Waals surface area contributed by atoms with Crippen molar-refractivity contribution in [2.24, 2.45) is 0 Å². The summed E-state index contributed by atoms with van der Waals surface area (Å²) in [4.78, 5) is 37.5. The number of ether oxygens (including phenoxy) is 1. The van der Waals surface area contributed by atoms with Gasteiger partial charge in [-0.15, -0.1) is 0 Å². The van der Waals surface area contributed by atoms with Crippen LogP contribution in [0, 0.1) is 5.82 Å². The van der Waals surface area contributed by atoms with Crippen molar-refractivity contribution in [2.75, 3.05) is 6.54 Å². The van der Waals surface area contributed by atoms with Gasteiger partial charge in [0.05, 0.1) is 17.5 Å². The van der Waals surface area contributed by atoms with Crippen LogP contribution in [0.3, 0.4) is 0 Å². The Kier molecular flexibility index (Phi) is 4.61. The lowest BCUT2D eigenvalue weighted by Gasteiger charge is -2.16. The minimum absolute atomic E-state index is 0.0404. The van der Waals surface area contributed by atoms with Crippen LogP contribution in [0.2, 0.25) is 0 Å². The molecule has 0 bridgehead atoms. The first kappa shape index (κ1) is 16.8. The summed E-state index contributed by atoms with van der Waals surface area (Å²) in [5.41, 5.74) is 1.36. The summed E-state index contributed by atoms with van der Waals surface area (Å²) in [6.45, 7) is 1.63. The zero-order valence-electron chi connectivity index (χ0n) is 13.6. The number of fused-ring (bicyclic) bond motifs is 1. The lowest BCUT2D eigenvalue weighted by Crippen LogP contribution is -2.32. The van der Waals surface area contributed by atoms with E-state index < -0.39 is 23.9 Å². The van der Waals surface area contributed by atoms with E-state index in [1.165, 1.54) is 24.3 Å². The molecule has 1 aliphatic heterocycles. The molecule has 6 heteroatoms. The highest BCUT2D eigenvalue weighted by Gasteiger charge is 2.35. The molecule has 128 valence electrons. The van der Waals surface area contributed by atoms with E-state index in [2.05, 4.69) is 0 Å². The molecule has 3 rings (SSSR count). The SMILES string of the molecule is C[C@H](OC(=O)CCN1C(=O)c2ccccc2C1=O)c1ccc(F)cc1. The van der Waals surface area contributed by atoms with E-state index >= 15 is 0 Å². The first-order valence-electron chi connectivity index (χ1n) is 7.87. The predicted octanol–water partition coefficient (Wildman–Crippen LogP) is 3.12. The van der Waals surface area contributed by atoms with Gasteiger partial charge in [-0.3, -0.25) is 19.3 Å². The second-order valence-corrected chi connectivity index (χ2v) is 5.74. The van der Waals surface area contributed by atoms with Crippen LogP contribution >= 0.6 is 0 Å². The molecule has 0 unspecified atom stereocenters. The van der Waals surface area contributed by atoms with Gasteiger partial charge in [0, 0.05) is 6.54 Å². The molecule has 2 aromatic carbocycles. The molecule has 0 radical (unpaired) electrons. The summed E-state index contributed by atoms with van der Waals surface area (Å²) in [5, 5.41) is 0. The summed E-state index contributed by atoms with van der Waals surface area (Å²) >= 11 is 0. The molecule has 2 amide bonds. The Morgan fingerprint density at radius 2 is 1.60 bits per heavy atom. The van der Waals surface area contributed by atoms with Crippen LogP contribution in [-0.4, -0.2) is 29.2 Å². The maximum Gasteiger partial charge on any atom is 0.308 e. The lowest BCUT2D eigenvalue weighted by atomic mass is 10.1. The Bertz CT molecular complexity index is 797. The summed E-state index contributed by atoms with van der Waals surface area (Å²) in [7, 11) is 0. The number of hydrogen-bond acceptors (Lipinski definition) is 4. The van der Waals surface area contributed by atoms with E-state index in [-0.39, 0.29) is 18.8 Å². The highest BCUT2D eigenvalue weighted by Crippen LogP contribution is 2.23. The zero-order chi connectivity index (χ0) is 18.0. The maximum atomic E-state index is 12.9. The predicted molar refractivity (Wildman–Crippen MR) is 87.3 cm³/mol. The molecule has 0 N–H and O–H groups in total. The molecule has 0 saturated carbocycles. The number of halogens is 1. The summed E-state index contributed by atoms with van der Waals surface area (Å²) in [5.74, 6) is -1.71. The van der Waals surface area contributed by atoms with Gasteiger partial charge in [-0.25, -0.2) is 4.39 Å². The van der Waals surface area contributed by atoms with Crippen LogP contribution < -0.4 is 0 Å². The van der Waals surface area contributed by atoms with Gasteiger partial charge in [-0.1, -0.05) is 24.3 Å². The number of carbonyl (C=O) groups is 3. The number of benzene rings is 2. The van der Waals surface area contributed by atoms with Crippen LogP contribution in [-0.2, 0) is 9.53 Å². The number of hydrogen-bond donors (Lipinski definition) is 0. The number of esters is 1. The molecule has 1 heterocycles. The molecule has 0 fully saturated rings. The van der Waals surface area contributed by atoms with Crippen LogP contribution in [0.15, 0.2) is 48.5 Å². The molecule has 0 aliphatic carbocycles. The molecule has 5 nitrogen and oxygen atoms in total. The Morgan fingerprint density at radius 3 is 2.16 bits per heavy atom. The topological polar surface area (TPSA) is 63.7 Å². The smallest absolute Gasteiger partial charge is 0.308 e. The lowest BCUT2D eigenvalue weighted by molar-refractivity contribution is -0.148. The molecule has 0 saturated heterocycles. The minimum atomic E-state index is -0.546. The Morgan fingerprint density at radius 1 is 1.04 bits per heavy atom. The molecule has 25 heavy (non-hydrogen) atoms. The van der Waals surface area contributed by atoms with Crippen molar-refractivity contribution in [3.63, 3.8) is 0 Å². The van der Waals surface area contributed by atoms with Crippen molar-refractivity contribution >= 4 is 17.8 Å². The van der Waals surface area contributed by atoms with Crippen molar-refractivity contribution in [2.45, 2.75) is 19.4 Å². The third-order valence-corrected chi connectivity index (χ3v) is 4.07. The third-order valence-electron chi connectivity index (χ3n) is 4.07. The number of rotatable bonds is 5. The van der Waals surface area contributed by atoms with Gasteiger partial charge in [0.2, 0.25) is 0 Å². The van der Waals surface area contributed by atoms with E-state index in [4.69, 9.17) is 4.74 Å². The van der Waals surface area contributed by atoms with Crippen molar-refractivity contribution in [1.82, 2.24) is 4.90 Å². The van der Waals surface area contributed by atoms with Gasteiger partial charge >= 0.3 is 5.97 Å². The van der Waals surface area contributed by atoms with Crippen LogP contribution in [0.25, 0.3) is 0 Å². The second kappa shape index (κ2) is 6.84. The number of carbonyl (C=O) groups excluding carboxylic acids is 3. The molecule has 1 aliphatic rings. The fourth-order valence-electron chi connectivity index (χ4n) is 2.70. The molecule has 2 aromatic rings. The van der Waals surface area contributed by atoms with Crippen LogP contribution in [0.4, 0.5) is 4.39 Å². The largest absolute Gasteiger partial charge is 0.458 e. The second-order valence-electron chi connectivity index (χ2n) is 5.74. The maximum absolute atomic E-state index is 12.9. The van der Waals surface area contributed by atoms with E-state index in [0.29, 0.717) is 16.7 Å². The average Bonchev–Trinajstić information content (AvgIpc) is 2.85. The molecular formula is C19H16FNO4. The van der Waals surface area contributed by atoms with Crippen LogP contribution in [0.1, 0.15) is 45.7 Å². The number of amides is 2. The summed E-state index contributed by atoms with van der Waals surface area (Å²) < 4.78 is 18.2. The fourth-order valence-corrected chi connectivity index (χ4v) is 2.70. The first-order valence-corrected chi connectivity index (χ1v) is 7.87. The average molecular weight is 341 g/mol. The number of imide groups is 1. The quantitative estimate of drug-likeness (QED) is 0.619. The van der Waals surface area contributed by atoms with Gasteiger partial charge in [0.25, 0.3) is 11.8 Å². The summed E-state index contributed by atoms with van der Waals surface area (Å²) in [6, 6.07) is 12.2. The van der Waals surface area contributed by atoms with Crippen molar-refractivity contribution < 1.29 is 23.5 Å². The van der Waals surface area contributed by atoms with Crippen molar-refractivity contribution in [3.8, 4) is 0 Å². The molecule has 0 spiro atoms. The molecule has 1 atom stereocenters. The standard InChI is InChI=1S/C19H16FNO4/c1-12(13-6-8-14(20)9-7-13)25-17(22)10-11-21-18(23)15-4-2-3-5-16(15)19(21)24/h2-9,12H,10-11H2,1H3/t12-/m0/s1. The van der Waals surface area contributed by atoms with Crippen LogP contribution in [0.5, 0.6) is 0 Å². The Balaban J connectivity index is 1.57. The van der Waals surface area contributed by atoms with Crippen molar-refractivity contribution in [3.05, 3.63) is 71.0 Å². The van der Waals surface area contributed by atoms with Gasteiger partial charge in [-0.2, -0.15) is 0 Å². The third kappa shape index (κ3) is 3.42. The minimum Gasteiger partial charge on any atom is -0.458 e.